The van der Waals surface area contributed by atoms with Crippen LogP contribution in [0.3, 0.4) is 0 Å². The zero-order valence-corrected chi connectivity index (χ0v) is 16.4. The monoisotopic (exact) mass is 402 g/mol. The number of carbonyl (C=O) groups excluding carboxylic acids is 2. The molecular formula is C19H22N4O4S. The van der Waals surface area contributed by atoms with Crippen LogP contribution in [0, 0.1) is 0 Å². The van der Waals surface area contributed by atoms with E-state index in [-0.39, 0.29) is 35.8 Å². The highest BCUT2D eigenvalue weighted by molar-refractivity contribution is 7.89. The number of nitrogens with one attached hydrogen (secondary N) is 3. The summed E-state index contributed by atoms with van der Waals surface area (Å²) in [5.41, 5.74) is 1.85. The lowest BCUT2D eigenvalue weighted by atomic mass is 10.2. The summed E-state index contributed by atoms with van der Waals surface area (Å²) < 4.78 is 26.8. The van der Waals surface area contributed by atoms with Crippen molar-refractivity contribution >= 4 is 38.9 Å². The number of benzene rings is 2. The summed E-state index contributed by atoms with van der Waals surface area (Å²) in [5, 5.41) is 5.70. The average Bonchev–Trinajstić information content (AvgIpc) is 2.64. The number of nitrogens with zero attached hydrogens (tertiary/aromatic N) is 1. The molecule has 2 aromatic rings. The number of amides is 2. The molecule has 0 radical (unpaired) electrons. The molecule has 9 heteroatoms. The molecule has 1 aliphatic heterocycles. The summed E-state index contributed by atoms with van der Waals surface area (Å²) in [5.74, 6) is -0.514. The molecule has 0 aromatic heterocycles. The molecule has 0 bridgehead atoms. The molecule has 0 fully saturated rings. The van der Waals surface area contributed by atoms with E-state index in [0.717, 1.165) is 0 Å². The number of hydrogen-bond donors (Lipinski definition) is 3. The normalized spacial score (nSPS) is 13.8. The lowest BCUT2D eigenvalue weighted by molar-refractivity contribution is -0.120. The molecule has 2 amide bonds. The Balaban J connectivity index is 1.66. The number of anilines is 3. The highest BCUT2D eigenvalue weighted by atomic mass is 32.2. The lowest BCUT2D eigenvalue weighted by Crippen LogP contribution is -2.44. The van der Waals surface area contributed by atoms with E-state index < -0.39 is 10.0 Å². The molecule has 0 spiro atoms. The van der Waals surface area contributed by atoms with Crippen LogP contribution in [0.1, 0.15) is 13.8 Å². The minimum Gasteiger partial charge on any atom is -0.376 e. The average molecular weight is 402 g/mol. The zero-order valence-electron chi connectivity index (χ0n) is 15.6. The van der Waals surface area contributed by atoms with E-state index in [2.05, 4.69) is 15.4 Å². The summed E-state index contributed by atoms with van der Waals surface area (Å²) >= 11 is 0. The molecule has 2 aromatic carbocycles. The number of sulfonamides is 1. The van der Waals surface area contributed by atoms with Crippen LogP contribution in [0.25, 0.3) is 0 Å². The molecule has 0 saturated carbocycles. The van der Waals surface area contributed by atoms with Crippen molar-refractivity contribution in [3.05, 3.63) is 48.5 Å². The van der Waals surface area contributed by atoms with Gasteiger partial charge in [0, 0.05) is 11.7 Å². The second kappa shape index (κ2) is 7.99. The van der Waals surface area contributed by atoms with Gasteiger partial charge in [-0.15, -0.1) is 0 Å². The van der Waals surface area contributed by atoms with Crippen LogP contribution in [0.5, 0.6) is 0 Å². The molecule has 0 atom stereocenters. The maximum absolute atomic E-state index is 12.6. The molecule has 3 N–H and O–H groups in total. The second-order valence-electron chi connectivity index (χ2n) is 6.70. The van der Waals surface area contributed by atoms with E-state index in [9.17, 15) is 18.0 Å². The van der Waals surface area contributed by atoms with Gasteiger partial charge in [0.1, 0.15) is 6.54 Å². The van der Waals surface area contributed by atoms with Crippen LogP contribution in [0.4, 0.5) is 17.1 Å². The number of carbonyl (C=O) groups is 2. The summed E-state index contributed by atoms with van der Waals surface area (Å²) in [6.45, 7) is 3.42. The van der Waals surface area contributed by atoms with Gasteiger partial charge in [-0.2, -0.15) is 0 Å². The molecule has 1 aliphatic rings. The first-order valence-electron chi connectivity index (χ1n) is 8.82. The smallest absolute Gasteiger partial charge is 0.246 e. The molecule has 3 rings (SSSR count). The molecule has 1 heterocycles. The van der Waals surface area contributed by atoms with Gasteiger partial charge >= 0.3 is 0 Å². The van der Waals surface area contributed by atoms with Crippen LogP contribution in [0.2, 0.25) is 0 Å². The fraction of sp³-hybridized carbons (Fsp3) is 0.263. The number of rotatable bonds is 6. The van der Waals surface area contributed by atoms with Gasteiger partial charge < -0.3 is 10.6 Å². The SMILES string of the molecule is CC(C)NS(=O)(=O)c1ccc(NCC(=O)N2CC(=O)Nc3ccccc32)cc1. The Morgan fingerprint density at radius 2 is 1.82 bits per heavy atom. The first-order chi connectivity index (χ1) is 13.3. The van der Waals surface area contributed by atoms with Crippen molar-refractivity contribution < 1.29 is 18.0 Å². The first-order valence-corrected chi connectivity index (χ1v) is 10.3. The van der Waals surface area contributed by atoms with Gasteiger partial charge in [-0.05, 0) is 50.2 Å². The van der Waals surface area contributed by atoms with Crippen LogP contribution in [0.15, 0.2) is 53.4 Å². The van der Waals surface area contributed by atoms with Gasteiger partial charge in [-0.25, -0.2) is 13.1 Å². The van der Waals surface area contributed by atoms with Crippen molar-refractivity contribution in [2.45, 2.75) is 24.8 Å². The van der Waals surface area contributed by atoms with Gasteiger partial charge in [-0.3, -0.25) is 14.5 Å². The number of para-hydroxylation sites is 2. The Kier molecular flexibility index (Phi) is 5.66. The Labute approximate surface area is 164 Å². The van der Waals surface area contributed by atoms with Gasteiger partial charge in [0.25, 0.3) is 0 Å². The molecular weight excluding hydrogens is 380 g/mol. The van der Waals surface area contributed by atoms with Crippen LogP contribution < -0.4 is 20.3 Å². The lowest BCUT2D eigenvalue weighted by Gasteiger charge is -2.29. The van der Waals surface area contributed by atoms with Gasteiger partial charge in [0.05, 0.1) is 22.8 Å². The predicted octanol–water partition coefficient (Wildman–Crippen LogP) is 1.77. The topological polar surface area (TPSA) is 108 Å². The summed E-state index contributed by atoms with van der Waals surface area (Å²) in [6.07, 6.45) is 0. The zero-order chi connectivity index (χ0) is 20.3. The number of fused-ring (bicyclic) bond motifs is 1. The highest BCUT2D eigenvalue weighted by Gasteiger charge is 2.26. The molecule has 0 unspecified atom stereocenters. The van der Waals surface area contributed by atoms with E-state index in [0.29, 0.717) is 17.1 Å². The summed E-state index contributed by atoms with van der Waals surface area (Å²) in [4.78, 5) is 26.0. The fourth-order valence-electron chi connectivity index (χ4n) is 2.86. The molecule has 148 valence electrons. The summed E-state index contributed by atoms with van der Waals surface area (Å²) in [6, 6.07) is 13.0. The Hall–Kier alpha value is -2.91. The highest BCUT2D eigenvalue weighted by Crippen LogP contribution is 2.28. The van der Waals surface area contributed by atoms with E-state index in [1.807, 2.05) is 0 Å². The molecule has 28 heavy (non-hydrogen) atoms. The van der Waals surface area contributed by atoms with Gasteiger partial charge in [0.15, 0.2) is 0 Å². The van der Waals surface area contributed by atoms with Crippen molar-refractivity contribution in [2.75, 3.05) is 28.6 Å². The van der Waals surface area contributed by atoms with Crippen molar-refractivity contribution in [3.8, 4) is 0 Å². The first kappa shape index (κ1) is 19.8. The maximum Gasteiger partial charge on any atom is 0.246 e. The third-order valence-electron chi connectivity index (χ3n) is 4.07. The Bertz CT molecular complexity index is 987. The largest absolute Gasteiger partial charge is 0.376 e. The minimum absolute atomic E-state index is 0.0298. The quantitative estimate of drug-likeness (QED) is 0.683. The molecule has 8 nitrogen and oxygen atoms in total. The summed E-state index contributed by atoms with van der Waals surface area (Å²) in [7, 11) is -3.56. The Morgan fingerprint density at radius 3 is 2.50 bits per heavy atom. The maximum atomic E-state index is 12.6. The minimum atomic E-state index is -3.56. The molecule has 0 aliphatic carbocycles. The van der Waals surface area contributed by atoms with Crippen LogP contribution >= 0.6 is 0 Å². The second-order valence-corrected chi connectivity index (χ2v) is 8.41. The van der Waals surface area contributed by atoms with E-state index in [1.165, 1.54) is 17.0 Å². The third-order valence-corrected chi connectivity index (χ3v) is 5.75. The van der Waals surface area contributed by atoms with Gasteiger partial charge in [-0.1, -0.05) is 12.1 Å². The van der Waals surface area contributed by atoms with Crippen LogP contribution in [-0.4, -0.2) is 39.4 Å². The number of hydrogen-bond acceptors (Lipinski definition) is 5. The van der Waals surface area contributed by atoms with Crippen molar-refractivity contribution in [1.82, 2.24) is 4.72 Å². The van der Waals surface area contributed by atoms with E-state index in [4.69, 9.17) is 0 Å². The standard InChI is InChI=1S/C19H22N4O4S/c1-13(2)22-28(26,27)15-9-7-14(8-10-15)20-11-19(25)23-12-18(24)21-16-5-3-4-6-17(16)23/h3-10,13,20,22H,11-12H2,1-2H3,(H,21,24). The van der Waals surface area contributed by atoms with Crippen molar-refractivity contribution in [3.63, 3.8) is 0 Å². The van der Waals surface area contributed by atoms with Crippen molar-refractivity contribution in [2.24, 2.45) is 0 Å². The third kappa shape index (κ3) is 4.49. The van der Waals surface area contributed by atoms with Crippen LogP contribution in [-0.2, 0) is 19.6 Å². The Morgan fingerprint density at radius 1 is 1.14 bits per heavy atom. The fourth-order valence-corrected chi connectivity index (χ4v) is 4.11. The van der Waals surface area contributed by atoms with E-state index >= 15 is 0 Å². The van der Waals surface area contributed by atoms with Crippen molar-refractivity contribution in [1.29, 1.82) is 0 Å². The molecule has 0 saturated heterocycles. The van der Waals surface area contributed by atoms with Gasteiger partial charge in [0.2, 0.25) is 21.8 Å². The predicted molar refractivity (Wildman–Crippen MR) is 108 cm³/mol. The van der Waals surface area contributed by atoms with E-state index in [1.54, 1.807) is 50.2 Å².